The first-order chi connectivity index (χ1) is 10.0. The first-order valence-electron chi connectivity index (χ1n) is 7.55. The standard InChI is InChI=1S/C17H21ClO3/c1-3-21-17(20)16(19)12-8-9-14(15(18)10-12)13-7-5-4-6-11(13)2/h8-11,13H,3-7H2,1-2H3. The molecule has 2 rings (SSSR count). The van der Waals surface area contributed by atoms with Crippen molar-refractivity contribution in [3.05, 3.63) is 34.3 Å². The van der Waals surface area contributed by atoms with Gasteiger partial charge in [-0.1, -0.05) is 49.9 Å². The number of benzene rings is 1. The summed E-state index contributed by atoms with van der Waals surface area (Å²) in [7, 11) is 0. The molecule has 0 bridgehead atoms. The Morgan fingerprint density at radius 2 is 2.00 bits per heavy atom. The topological polar surface area (TPSA) is 43.4 Å². The van der Waals surface area contributed by atoms with Crippen LogP contribution in [0.2, 0.25) is 5.02 Å². The van der Waals surface area contributed by atoms with E-state index in [1.165, 1.54) is 19.3 Å². The lowest BCUT2D eigenvalue weighted by atomic mass is 9.76. The molecular weight excluding hydrogens is 288 g/mol. The summed E-state index contributed by atoms with van der Waals surface area (Å²) in [4.78, 5) is 23.4. The Hall–Kier alpha value is -1.35. The normalized spacial score (nSPS) is 21.9. The van der Waals surface area contributed by atoms with E-state index >= 15 is 0 Å². The van der Waals surface area contributed by atoms with Crippen LogP contribution in [0.15, 0.2) is 18.2 Å². The van der Waals surface area contributed by atoms with Crippen LogP contribution in [0.25, 0.3) is 0 Å². The van der Waals surface area contributed by atoms with Gasteiger partial charge in [-0.2, -0.15) is 0 Å². The molecule has 4 heteroatoms. The number of rotatable bonds is 4. The summed E-state index contributed by atoms with van der Waals surface area (Å²) in [6.45, 7) is 4.11. The van der Waals surface area contributed by atoms with Gasteiger partial charge in [0.05, 0.1) is 6.61 Å². The maximum atomic E-state index is 11.9. The number of carbonyl (C=O) groups excluding carboxylic acids is 2. The zero-order valence-electron chi connectivity index (χ0n) is 12.5. The number of Topliss-reactive ketones (excluding diaryl/α,β-unsaturated/α-hetero) is 1. The fourth-order valence-electron chi connectivity index (χ4n) is 3.06. The van der Waals surface area contributed by atoms with Crippen molar-refractivity contribution in [2.75, 3.05) is 6.61 Å². The lowest BCUT2D eigenvalue weighted by Crippen LogP contribution is -2.18. The van der Waals surface area contributed by atoms with Crippen molar-refractivity contribution >= 4 is 23.4 Å². The van der Waals surface area contributed by atoms with Crippen molar-refractivity contribution < 1.29 is 14.3 Å². The molecule has 0 aliphatic heterocycles. The number of hydrogen-bond acceptors (Lipinski definition) is 3. The van der Waals surface area contributed by atoms with E-state index in [0.29, 0.717) is 22.4 Å². The second-order valence-corrected chi connectivity index (χ2v) is 6.06. The Morgan fingerprint density at radius 1 is 1.29 bits per heavy atom. The molecule has 1 saturated carbocycles. The van der Waals surface area contributed by atoms with Crippen LogP contribution in [0.5, 0.6) is 0 Å². The van der Waals surface area contributed by atoms with Crippen LogP contribution < -0.4 is 0 Å². The van der Waals surface area contributed by atoms with Gasteiger partial charge in [0, 0.05) is 10.6 Å². The number of ether oxygens (including phenoxy) is 1. The van der Waals surface area contributed by atoms with Crippen LogP contribution in [-0.2, 0) is 9.53 Å². The Kier molecular flexibility index (Phi) is 5.40. The van der Waals surface area contributed by atoms with Crippen LogP contribution in [0.4, 0.5) is 0 Å². The second-order valence-electron chi connectivity index (χ2n) is 5.65. The van der Waals surface area contributed by atoms with Crippen molar-refractivity contribution in [1.29, 1.82) is 0 Å². The molecule has 1 aliphatic rings. The van der Waals surface area contributed by atoms with E-state index in [2.05, 4.69) is 6.92 Å². The van der Waals surface area contributed by atoms with Crippen LogP contribution in [0, 0.1) is 5.92 Å². The highest BCUT2D eigenvalue weighted by molar-refractivity contribution is 6.41. The number of esters is 1. The largest absolute Gasteiger partial charge is 0.460 e. The van der Waals surface area contributed by atoms with Gasteiger partial charge in [-0.25, -0.2) is 4.79 Å². The average Bonchev–Trinajstić information content (AvgIpc) is 2.47. The first kappa shape index (κ1) is 16.0. The highest BCUT2D eigenvalue weighted by atomic mass is 35.5. The molecular formula is C17H21ClO3. The minimum absolute atomic E-state index is 0.190. The fraction of sp³-hybridized carbons (Fsp3) is 0.529. The molecule has 0 amide bonds. The van der Waals surface area contributed by atoms with E-state index in [4.69, 9.17) is 16.3 Å². The summed E-state index contributed by atoms with van der Waals surface area (Å²) < 4.78 is 4.73. The van der Waals surface area contributed by atoms with Crippen molar-refractivity contribution in [3.63, 3.8) is 0 Å². The molecule has 0 saturated heterocycles. The molecule has 21 heavy (non-hydrogen) atoms. The number of carbonyl (C=O) groups is 2. The van der Waals surface area contributed by atoms with Gasteiger partial charge >= 0.3 is 5.97 Å². The highest BCUT2D eigenvalue weighted by Crippen LogP contribution is 2.40. The molecule has 0 heterocycles. The summed E-state index contributed by atoms with van der Waals surface area (Å²) in [6.07, 6.45) is 4.83. The molecule has 2 unspecified atom stereocenters. The Balaban J connectivity index is 2.21. The summed E-state index contributed by atoms with van der Waals surface area (Å²) in [6, 6.07) is 5.17. The average molecular weight is 309 g/mol. The van der Waals surface area contributed by atoms with Gasteiger partial charge in [0.2, 0.25) is 0 Å². The molecule has 1 aromatic carbocycles. The Bertz CT molecular complexity index is 539. The van der Waals surface area contributed by atoms with Gasteiger partial charge in [0.25, 0.3) is 5.78 Å². The van der Waals surface area contributed by atoms with E-state index in [1.807, 2.05) is 6.07 Å². The smallest absolute Gasteiger partial charge is 0.379 e. The molecule has 1 aromatic rings. The third kappa shape index (κ3) is 3.65. The zero-order chi connectivity index (χ0) is 15.4. The SMILES string of the molecule is CCOC(=O)C(=O)c1ccc(C2CCCCC2C)c(Cl)c1. The van der Waals surface area contributed by atoms with Crippen molar-refractivity contribution in [2.24, 2.45) is 5.92 Å². The van der Waals surface area contributed by atoms with Crippen molar-refractivity contribution in [1.82, 2.24) is 0 Å². The van der Waals surface area contributed by atoms with E-state index in [1.54, 1.807) is 19.1 Å². The number of halogens is 1. The molecule has 0 N–H and O–H groups in total. The van der Waals surface area contributed by atoms with Gasteiger partial charge in [-0.05, 0) is 36.8 Å². The summed E-state index contributed by atoms with van der Waals surface area (Å²) >= 11 is 6.35. The van der Waals surface area contributed by atoms with Gasteiger partial charge in [-0.15, -0.1) is 0 Å². The van der Waals surface area contributed by atoms with Crippen LogP contribution in [0.3, 0.4) is 0 Å². The number of hydrogen-bond donors (Lipinski definition) is 0. The molecule has 0 aromatic heterocycles. The molecule has 0 radical (unpaired) electrons. The predicted octanol–water partition coefficient (Wildman–Crippen LogP) is 4.38. The molecule has 3 nitrogen and oxygen atoms in total. The maximum Gasteiger partial charge on any atom is 0.379 e. The minimum atomic E-state index is -0.827. The molecule has 114 valence electrons. The van der Waals surface area contributed by atoms with E-state index in [0.717, 1.165) is 12.0 Å². The first-order valence-corrected chi connectivity index (χ1v) is 7.93. The van der Waals surface area contributed by atoms with E-state index < -0.39 is 11.8 Å². The van der Waals surface area contributed by atoms with Crippen LogP contribution in [0.1, 0.15) is 61.4 Å². The zero-order valence-corrected chi connectivity index (χ0v) is 13.3. The van der Waals surface area contributed by atoms with E-state index in [9.17, 15) is 9.59 Å². The quantitative estimate of drug-likeness (QED) is 0.471. The van der Waals surface area contributed by atoms with Crippen molar-refractivity contribution in [2.45, 2.75) is 45.4 Å². The second kappa shape index (κ2) is 7.08. The lowest BCUT2D eigenvalue weighted by Gasteiger charge is -2.29. The number of ketones is 1. The minimum Gasteiger partial charge on any atom is -0.460 e. The third-order valence-corrected chi connectivity index (χ3v) is 4.56. The van der Waals surface area contributed by atoms with Gasteiger partial charge in [0.1, 0.15) is 0 Å². The Morgan fingerprint density at radius 3 is 2.62 bits per heavy atom. The monoisotopic (exact) mass is 308 g/mol. The Labute approximate surface area is 130 Å². The highest BCUT2D eigenvalue weighted by Gasteiger charge is 2.26. The predicted molar refractivity (Wildman–Crippen MR) is 82.8 cm³/mol. The fourth-order valence-corrected chi connectivity index (χ4v) is 3.38. The van der Waals surface area contributed by atoms with Crippen molar-refractivity contribution in [3.8, 4) is 0 Å². The molecule has 2 atom stereocenters. The van der Waals surface area contributed by atoms with Gasteiger partial charge in [-0.3, -0.25) is 4.79 Å². The molecule has 1 aliphatic carbocycles. The van der Waals surface area contributed by atoms with E-state index in [-0.39, 0.29) is 6.61 Å². The van der Waals surface area contributed by atoms with Gasteiger partial charge < -0.3 is 4.74 Å². The molecule has 0 spiro atoms. The lowest BCUT2D eigenvalue weighted by molar-refractivity contribution is -0.137. The van der Waals surface area contributed by atoms with Gasteiger partial charge in [0.15, 0.2) is 0 Å². The molecule has 1 fully saturated rings. The third-order valence-electron chi connectivity index (χ3n) is 4.23. The summed E-state index contributed by atoms with van der Waals surface area (Å²) in [5, 5.41) is 0.573. The maximum absolute atomic E-state index is 11.9. The summed E-state index contributed by atoms with van der Waals surface area (Å²) in [5.74, 6) is -0.421. The van der Waals surface area contributed by atoms with Crippen LogP contribution >= 0.6 is 11.6 Å². The summed E-state index contributed by atoms with van der Waals surface area (Å²) in [5.41, 5.74) is 1.38. The van der Waals surface area contributed by atoms with Crippen LogP contribution in [-0.4, -0.2) is 18.4 Å².